The molecule has 0 amide bonds. The van der Waals surface area contributed by atoms with Crippen molar-refractivity contribution >= 4 is 7.82 Å². The Hall–Kier alpha value is -0.376. The van der Waals surface area contributed by atoms with Gasteiger partial charge in [0.2, 0.25) is 0 Å². The molecular weight excluding hydrogens is 374 g/mol. The fraction of sp³-hybridized carbons (Fsp3) is 0.647. The first-order chi connectivity index (χ1) is 10.2. The van der Waals surface area contributed by atoms with Crippen molar-refractivity contribution < 1.29 is 40.5 Å². The van der Waals surface area contributed by atoms with Crippen LogP contribution in [0, 0.1) is 0 Å². The maximum absolute atomic E-state index is 11.0. The first-order valence-electron chi connectivity index (χ1n) is 7.75. The zero-order valence-corrected chi connectivity index (χ0v) is 17.2. The van der Waals surface area contributed by atoms with Crippen molar-refractivity contribution in [2.45, 2.75) is 71.8 Å². The molecule has 0 aliphatic rings. The van der Waals surface area contributed by atoms with E-state index in [2.05, 4.69) is 0 Å². The molecule has 1 N–H and O–H groups in total. The van der Waals surface area contributed by atoms with Crippen LogP contribution in [0.25, 0.3) is 0 Å². The second kappa shape index (κ2) is 7.89. The fourth-order valence-electron chi connectivity index (χ4n) is 2.51. The summed E-state index contributed by atoms with van der Waals surface area (Å²) in [5, 5.41) is 10.7. The summed E-state index contributed by atoms with van der Waals surface area (Å²) in [6.07, 6.45) is -0.509. The van der Waals surface area contributed by atoms with E-state index in [1.807, 2.05) is 41.5 Å². The van der Waals surface area contributed by atoms with E-state index in [-0.39, 0.29) is 33.1 Å². The number of phosphoric acid groups is 1. The molecule has 0 radical (unpaired) electrons. The van der Waals surface area contributed by atoms with Gasteiger partial charge in [0.05, 0.1) is 13.9 Å². The molecule has 140 valence electrons. The van der Waals surface area contributed by atoms with Crippen LogP contribution < -0.4 is 9.79 Å². The molecule has 1 atom stereocenters. The Bertz CT molecular complexity index is 575. The molecule has 0 spiro atoms. The normalized spacial score (nSPS) is 14.2. The molecule has 0 fully saturated rings. The zero-order chi connectivity index (χ0) is 18.2. The van der Waals surface area contributed by atoms with Gasteiger partial charge in [0, 0.05) is 0 Å². The molecule has 0 saturated heterocycles. The van der Waals surface area contributed by atoms with Crippen molar-refractivity contribution in [3.63, 3.8) is 0 Å². The van der Waals surface area contributed by atoms with E-state index in [1.165, 1.54) is 0 Å². The fourth-order valence-corrected chi connectivity index (χ4v) is 3.10. The van der Waals surface area contributed by atoms with Gasteiger partial charge in [-0.15, -0.1) is 0 Å². The van der Waals surface area contributed by atoms with Crippen LogP contribution in [0.3, 0.4) is 0 Å². The molecule has 0 bridgehead atoms. The maximum atomic E-state index is 11.0. The van der Waals surface area contributed by atoms with Gasteiger partial charge >= 0.3 is 16.5 Å². The number of rotatable bonds is 4. The van der Waals surface area contributed by atoms with E-state index in [9.17, 15) is 19.5 Å². The van der Waals surface area contributed by atoms with Crippen molar-refractivity contribution in [3.8, 4) is 5.75 Å². The number of benzene rings is 1. The van der Waals surface area contributed by atoms with Gasteiger partial charge < -0.3 is 24.0 Å². The van der Waals surface area contributed by atoms with Gasteiger partial charge in [-0.3, -0.25) is 0 Å². The number of hydrogen-bond acceptors (Lipinski definition) is 5. The van der Waals surface area contributed by atoms with E-state index >= 15 is 0 Å². The third-order valence-electron chi connectivity index (χ3n) is 3.75. The van der Waals surface area contributed by atoms with Gasteiger partial charge in [-0.1, -0.05) is 48.5 Å². The summed E-state index contributed by atoms with van der Waals surface area (Å²) in [5.41, 5.74) is 1.32. The minimum atomic E-state index is -5.09. The summed E-state index contributed by atoms with van der Waals surface area (Å²) in [6, 6.07) is 3.46. The molecule has 24 heavy (non-hydrogen) atoms. The second-order valence-electron chi connectivity index (χ2n) is 7.91. The molecule has 1 aromatic rings. The SMILES string of the molecule is CCC(OP(=O)([O-])[O-])c1cc(C(C)(C)C)c(O)c(C(C)(C)C)c1.[Ni+2]. The Morgan fingerprint density at radius 3 is 1.71 bits per heavy atom. The summed E-state index contributed by atoms with van der Waals surface area (Å²) in [5.74, 6) is 0.205. The predicted octanol–water partition coefficient (Wildman–Crippen LogP) is 3.28. The van der Waals surface area contributed by atoms with Crippen LogP contribution in [0.5, 0.6) is 5.75 Å². The molecule has 1 aromatic carbocycles. The van der Waals surface area contributed by atoms with Crippen LogP contribution in [-0.4, -0.2) is 5.11 Å². The third-order valence-corrected chi connectivity index (χ3v) is 4.26. The molecule has 5 nitrogen and oxygen atoms in total. The summed E-state index contributed by atoms with van der Waals surface area (Å²) >= 11 is 0. The zero-order valence-electron chi connectivity index (χ0n) is 15.3. The number of phenolic OH excluding ortho intramolecular Hbond substituents is 1. The number of aromatic hydroxyl groups is 1. The predicted molar refractivity (Wildman–Crippen MR) is 87.2 cm³/mol. The van der Waals surface area contributed by atoms with Gasteiger partial charge in [0.15, 0.2) is 0 Å². The Morgan fingerprint density at radius 1 is 1.08 bits per heavy atom. The maximum Gasteiger partial charge on any atom is 2.00 e. The van der Waals surface area contributed by atoms with Gasteiger partial charge in [0.1, 0.15) is 5.75 Å². The van der Waals surface area contributed by atoms with Gasteiger partial charge in [-0.05, 0) is 46.1 Å². The number of phenols is 1. The van der Waals surface area contributed by atoms with E-state index < -0.39 is 13.9 Å². The van der Waals surface area contributed by atoms with E-state index in [4.69, 9.17) is 4.52 Å². The Balaban J connectivity index is 0.00000529. The monoisotopic (exact) mass is 400 g/mol. The largest absolute Gasteiger partial charge is 2.00 e. The first kappa shape index (κ1) is 23.6. The van der Waals surface area contributed by atoms with Crippen LogP contribution in [0.2, 0.25) is 0 Å². The molecule has 1 unspecified atom stereocenters. The quantitative estimate of drug-likeness (QED) is 0.618. The topological polar surface area (TPSA) is 92.7 Å². The van der Waals surface area contributed by atoms with Crippen molar-refractivity contribution in [1.29, 1.82) is 0 Å². The summed E-state index contributed by atoms with van der Waals surface area (Å²) in [4.78, 5) is 22.0. The van der Waals surface area contributed by atoms with Crippen LogP contribution in [0.15, 0.2) is 12.1 Å². The summed E-state index contributed by atoms with van der Waals surface area (Å²) < 4.78 is 15.7. The van der Waals surface area contributed by atoms with Crippen molar-refractivity contribution in [3.05, 3.63) is 28.8 Å². The standard InChI is InChI=1S/C17H29O5P.Ni/c1-8-14(22-23(19,20)21)11-9-12(16(2,3)4)15(18)13(10-11)17(5,6)7;/h9-10,14,18H,8H2,1-7H3,(H2,19,20,21);/q;+2/p-2. The molecule has 7 heteroatoms. The molecule has 0 aromatic heterocycles. The molecule has 0 saturated carbocycles. The second-order valence-corrected chi connectivity index (χ2v) is 9.02. The van der Waals surface area contributed by atoms with E-state index in [0.717, 1.165) is 0 Å². The van der Waals surface area contributed by atoms with Gasteiger partial charge in [0.25, 0.3) is 0 Å². The average Bonchev–Trinajstić information content (AvgIpc) is 2.32. The molecule has 0 heterocycles. The van der Waals surface area contributed by atoms with Gasteiger partial charge in [-0.2, -0.15) is 0 Å². The smallest absolute Gasteiger partial charge is 0.790 e. The average molecular weight is 401 g/mol. The van der Waals surface area contributed by atoms with Gasteiger partial charge in [-0.25, -0.2) is 0 Å². The number of phosphoric ester groups is 1. The van der Waals surface area contributed by atoms with E-state index in [0.29, 0.717) is 23.1 Å². The van der Waals surface area contributed by atoms with Crippen LogP contribution in [0.4, 0.5) is 0 Å². The first-order valence-corrected chi connectivity index (χ1v) is 9.21. The minimum Gasteiger partial charge on any atom is -0.790 e. The summed E-state index contributed by atoms with van der Waals surface area (Å²) in [6.45, 7) is 13.5. The van der Waals surface area contributed by atoms with Crippen LogP contribution >= 0.6 is 7.82 Å². The van der Waals surface area contributed by atoms with Crippen LogP contribution in [-0.2, 0) is 36.4 Å². The van der Waals surface area contributed by atoms with Crippen molar-refractivity contribution in [1.82, 2.24) is 0 Å². The molecular formula is C17H27NiO5P. The molecule has 0 aliphatic heterocycles. The Labute approximate surface area is 155 Å². The molecule has 0 aliphatic carbocycles. The van der Waals surface area contributed by atoms with Crippen LogP contribution in [0.1, 0.15) is 77.7 Å². The summed E-state index contributed by atoms with van der Waals surface area (Å²) in [7, 11) is -5.09. The third kappa shape index (κ3) is 6.17. The Morgan fingerprint density at radius 2 is 1.46 bits per heavy atom. The minimum absolute atomic E-state index is 0. The Kier molecular flexibility index (Phi) is 7.76. The van der Waals surface area contributed by atoms with E-state index in [1.54, 1.807) is 19.1 Å². The number of hydrogen-bond donors (Lipinski definition) is 1. The molecule has 1 rings (SSSR count). The van der Waals surface area contributed by atoms with Crippen molar-refractivity contribution in [2.24, 2.45) is 0 Å². The van der Waals surface area contributed by atoms with Crippen molar-refractivity contribution in [2.75, 3.05) is 0 Å².